The van der Waals surface area contributed by atoms with Gasteiger partial charge in [0, 0.05) is 6.61 Å². The molecule has 0 aliphatic heterocycles. The molecular formula is C13H21NO3. The van der Waals surface area contributed by atoms with Gasteiger partial charge in [0.25, 0.3) is 0 Å². The number of rotatable bonds is 5. The second-order valence-corrected chi connectivity index (χ2v) is 3.52. The normalized spacial score (nSPS) is 9.06. The molecule has 1 aromatic carbocycles. The lowest BCUT2D eigenvalue weighted by molar-refractivity contribution is 0.150. The number of ether oxygens (including phenoxy) is 1. The van der Waals surface area contributed by atoms with E-state index in [1.54, 1.807) is 0 Å². The highest BCUT2D eigenvalue weighted by molar-refractivity contribution is 5.64. The summed E-state index contributed by atoms with van der Waals surface area (Å²) in [5.41, 5.74) is 5.72. The van der Waals surface area contributed by atoms with Gasteiger partial charge in [-0.3, -0.25) is 0 Å². The van der Waals surface area contributed by atoms with Gasteiger partial charge >= 0.3 is 6.09 Å². The van der Waals surface area contributed by atoms with Crippen LogP contribution in [0.5, 0.6) is 0 Å². The van der Waals surface area contributed by atoms with Crippen LogP contribution in [-0.2, 0) is 11.3 Å². The molecule has 1 amide bonds. The molecule has 0 atom stereocenters. The molecule has 0 aliphatic rings. The lowest BCUT2D eigenvalue weighted by atomic mass is 10.2. The molecule has 1 aromatic rings. The number of amides is 1. The van der Waals surface area contributed by atoms with Crippen molar-refractivity contribution in [2.24, 2.45) is 5.73 Å². The fourth-order valence-electron chi connectivity index (χ4n) is 1.09. The molecule has 96 valence electrons. The van der Waals surface area contributed by atoms with Crippen LogP contribution >= 0.6 is 0 Å². The maximum Gasteiger partial charge on any atom is 0.404 e. The largest absolute Gasteiger partial charge is 0.445 e. The van der Waals surface area contributed by atoms with E-state index in [1.165, 1.54) is 6.42 Å². The summed E-state index contributed by atoms with van der Waals surface area (Å²) in [6.07, 6.45) is 2.59. The Morgan fingerprint density at radius 3 is 2.35 bits per heavy atom. The Morgan fingerprint density at radius 2 is 1.94 bits per heavy atom. The van der Waals surface area contributed by atoms with Crippen LogP contribution < -0.4 is 5.73 Å². The number of hydrogen-bond donors (Lipinski definition) is 2. The molecule has 0 aromatic heterocycles. The molecule has 0 unspecified atom stereocenters. The highest BCUT2D eigenvalue weighted by Gasteiger charge is 1.93. The van der Waals surface area contributed by atoms with Gasteiger partial charge in [-0.15, -0.1) is 0 Å². The predicted octanol–water partition coefficient (Wildman–Crippen LogP) is 2.45. The SMILES string of the molecule is CCCCCO.NC(=O)OCc1ccccc1. The van der Waals surface area contributed by atoms with Gasteiger partial charge in [0.2, 0.25) is 0 Å². The molecule has 0 heterocycles. The van der Waals surface area contributed by atoms with Crippen LogP contribution in [0.25, 0.3) is 0 Å². The minimum Gasteiger partial charge on any atom is -0.445 e. The van der Waals surface area contributed by atoms with E-state index in [4.69, 9.17) is 10.8 Å². The van der Waals surface area contributed by atoms with Gasteiger partial charge in [0.05, 0.1) is 0 Å². The zero-order chi connectivity index (χ0) is 12.9. The molecule has 1 rings (SSSR count). The summed E-state index contributed by atoms with van der Waals surface area (Å²) in [4.78, 5) is 10.2. The van der Waals surface area contributed by atoms with Crippen molar-refractivity contribution in [1.29, 1.82) is 0 Å². The Morgan fingerprint density at radius 1 is 1.29 bits per heavy atom. The fraction of sp³-hybridized carbons (Fsp3) is 0.462. The average Bonchev–Trinajstić information content (AvgIpc) is 2.36. The Kier molecular flexibility index (Phi) is 9.95. The van der Waals surface area contributed by atoms with E-state index in [1.807, 2.05) is 30.3 Å². The number of hydrogen-bond acceptors (Lipinski definition) is 3. The summed E-state index contributed by atoms with van der Waals surface area (Å²) in [6, 6.07) is 9.37. The van der Waals surface area contributed by atoms with E-state index in [0.29, 0.717) is 6.61 Å². The van der Waals surface area contributed by atoms with Crippen LogP contribution in [-0.4, -0.2) is 17.8 Å². The number of primary amides is 1. The molecule has 0 saturated heterocycles. The van der Waals surface area contributed by atoms with Crippen molar-refractivity contribution < 1.29 is 14.6 Å². The van der Waals surface area contributed by atoms with E-state index < -0.39 is 6.09 Å². The summed E-state index contributed by atoms with van der Waals surface area (Å²) in [5, 5.41) is 8.20. The Hall–Kier alpha value is -1.55. The van der Waals surface area contributed by atoms with E-state index in [9.17, 15) is 4.79 Å². The van der Waals surface area contributed by atoms with Crippen LogP contribution in [0.15, 0.2) is 30.3 Å². The van der Waals surface area contributed by atoms with Crippen molar-refractivity contribution in [1.82, 2.24) is 0 Å². The standard InChI is InChI=1S/C8H9NO2.C5H12O/c9-8(10)11-6-7-4-2-1-3-5-7;1-2-3-4-5-6/h1-5H,6H2,(H2,9,10);6H,2-5H2,1H3. The van der Waals surface area contributed by atoms with Gasteiger partial charge in [-0.2, -0.15) is 0 Å². The summed E-state index contributed by atoms with van der Waals surface area (Å²) in [5.74, 6) is 0. The Balaban J connectivity index is 0.000000366. The summed E-state index contributed by atoms with van der Waals surface area (Å²) in [7, 11) is 0. The van der Waals surface area contributed by atoms with Gasteiger partial charge in [-0.1, -0.05) is 50.1 Å². The number of carbonyl (C=O) groups is 1. The number of unbranched alkanes of at least 4 members (excludes halogenated alkanes) is 2. The molecule has 0 aliphatic carbocycles. The third-order valence-corrected chi connectivity index (χ3v) is 1.99. The zero-order valence-corrected chi connectivity index (χ0v) is 10.3. The summed E-state index contributed by atoms with van der Waals surface area (Å²) >= 11 is 0. The first-order valence-corrected chi connectivity index (χ1v) is 5.77. The van der Waals surface area contributed by atoms with Gasteiger partial charge in [0.1, 0.15) is 6.61 Å². The third kappa shape index (κ3) is 10.7. The van der Waals surface area contributed by atoms with E-state index in [-0.39, 0.29) is 6.61 Å². The van der Waals surface area contributed by atoms with Crippen LogP contribution in [0.3, 0.4) is 0 Å². The van der Waals surface area contributed by atoms with Crippen LogP contribution in [0.1, 0.15) is 31.7 Å². The maximum absolute atomic E-state index is 10.2. The van der Waals surface area contributed by atoms with Crippen LogP contribution in [0.4, 0.5) is 4.79 Å². The summed E-state index contributed by atoms with van der Waals surface area (Å²) < 4.78 is 4.57. The van der Waals surface area contributed by atoms with Crippen LogP contribution in [0, 0.1) is 0 Å². The predicted molar refractivity (Wildman–Crippen MR) is 67.4 cm³/mol. The lowest BCUT2D eigenvalue weighted by Gasteiger charge is -1.99. The minimum atomic E-state index is -0.742. The number of aliphatic hydroxyl groups is 1. The first-order chi connectivity index (χ1) is 8.20. The number of aliphatic hydroxyl groups excluding tert-OH is 1. The number of benzene rings is 1. The van der Waals surface area contributed by atoms with Crippen molar-refractivity contribution in [2.45, 2.75) is 32.8 Å². The van der Waals surface area contributed by atoms with E-state index >= 15 is 0 Å². The highest BCUT2D eigenvalue weighted by Crippen LogP contribution is 1.99. The molecule has 17 heavy (non-hydrogen) atoms. The molecule has 3 N–H and O–H groups in total. The summed E-state index contributed by atoms with van der Waals surface area (Å²) in [6.45, 7) is 2.72. The second kappa shape index (κ2) is 11.0. The van der Waals surface area contributed by atoms with E-state index in [2.05, 4.69) is 11.7 Å². The Bertz CT molecular complexity index is 284. The van der Waals surface area contributed by atoms with Crippen molar-refractivity contribution in [3.8, 4) is 0 Å². The molecule has 0 spiro atoms. The van der Waals surface area contributed by atoms with Crippen molar-refractivity contribution >= 4 is 6.09 Å². The quantitative estimate of drug-likeness (QED) is 0.775. The highest BCUT2D eigenvalue weighted by atomic mass is 16.5. The third-order valence-electron chi connectivity index (χ3n) is 1.99. The second-order valence-electron chi connectivity index (χ2n) is 3.52. The first-order valence-electron chi connectivity index (χ1n) is 5.77. The van der Waals surface area contributed by atoms with Gasteiger partial charge in [-0.05, 0) is 12.0 Å². The molecule has 4 nitrogen and oxygen atoms in total. The molecule has 4 heteroatoms. The zero-order valence-electron chi connectivity index (χ0n) is 10.3. The van der Waals surface area contributed by atoms with Gasteiger partial charge in [-0.25, -0.2) is 4.79 Å². The molecule has 0 bridgehead atoms. The first kappa shape index (κ1) is 15.4. The minimum absolute atomic E-state index is 0.246. The molecule has 0 saturated carbocycles. The maximum atomic E-state index is 10.2. The Labute approximate surface area is 102 Å². The van der Waals surface area contributed by atoms with E-state index in [0.717, 1.165) is 18.4 Å². The molecule has 0 radical (unpaired) electrons. The van der Waals surface area contributed by atoms with Crippen LogP contribution in [0.2, 0.25) is 0 Å². The van der Waals surface area contributed by atoms with Gasteiger partial charge < -0.3 is 15.6 Å². The molecular weight excluding hydrogens is 218 g/mol. The number of carbonyl (C=O) groups excluding carboxylic acids is 1. The monoisotopic (exact) mass is 239 g/mol. The van der Waals surface area contributed by atoms with Crippen molar-refractivity contribution in [2.75, 3.05) is 6.61 Å². The average molecular weight is 239 g/mol. The molecule has 0 fully saturated rings. The van der Waals surface area contributed by atoms with Crippen molar-refractivity contribution in [3.05, 3.63) is 35.9 Å². The smallest absolute Gasteiger partial charge is 0.404 e. The lowest BCUT2D eigenvalue weighted by Crippen LogP contribution is -2.12. The topological polar surface area (TPSA) is 72.5 Å². The van der Waals surface area contributed by atoms with Crippen molar-refractivity contribution in [3.63, 3.8) is 0 Å². The number of nitrogens with two attached hydrogens (primary N) is 1. The van der Waals surface area contributed by atoms with Gasteiger partial charge in [0.15, 0.2) is 0 Å². The fourth-order valence-corrected chi connectivity index (χ4v) is 1.09.